The number of hydrogen-bond acceptors (Lipinski definition) is 3. The Hall–Kier alpha value is -2.30. The molecule has 1 saturated heterocycles. The van der Waals surface area contributed by atoms with Gasteiger partial charge in [-0.2, -0.15) is 0 Å². The van der Waals surface area contributed by atoms with E-state index in [0.717, 1.165) is 23.2 Å². The first-order valence-electron chi connectivity index (χ1n) is 7.61. The van der Waals surface area contributed by atoms with Gasteiger partial charge in [-0.15, -0.1) is 0 Å². The lowest BCUT2D eigenvalue weighted by Gasteiger charge is -2.30. The zero-order valence-corrected chi connectivity index (χ0v) is 12.3. The molecule has 5 nitrogen and oxygen atoms in total. The van der Waals surface area contributed by atoms with Crippen LogP contribution in [0.15, 0.2) is 34.7 Å². The molecule has 22 heavy (non-hydrogen) atoms. The van der Waals surface area contributed by atoms with Crippen molar-refractivity contribution < 1.29 is 19.1 Å². The van der Waals surface area contributed by atoms with Gasteiger partial charge in [-0.3, -0.25) is 9.59 Å². The van der Waals surface area contributed by atoms with Crippen molar-refractivity contribution in [3.05, 3.63) is 36.1 Å². The van der Waals surface area contributed by atoms with Crippen molar-refractivity contribution in [3.63, 3.8) is 0 Å². The van der Waals surface area contributed by atoms with Gasteiger partial charge in [-0.1, -0.05) is 18.2 Å². The molecule has 0 bridgehead atoms. The summed E-state index contributed by atoms with van der Waals surface area (Å²) in [6, 6.07) is 9.71. The van der Waals surface area contributed by atoms with Crippen molar-refractivity contribution >= 4 is 22.8 Å². The number of hydrogen-bond donors (Lipinski definition) is 1. The van der Waals surface area contributed by atoms with E-state index in [2.05, 4.69) is 0 Å². The summed E-state index contributed by atoms with van der Waals surface area (Å²) in [6.45, 7) is 0.983. The minimum atomic E-state index is -0.810. The van der Waals surface area contributed by atoms with Crippen LogP contribution in [-0.4, -0.2) is 35.0 Å². The van der Waals surface area contributed by atoms with E-state index in [9.17, 15) is 9.59 Å². The molecule has 1 unspecified atom stereocenters. The third-order valence-electron chi connectivity index (χ3n) is 4.19. The maximum absolute atomic E-state index is 12.2. The number of aryl methyl sites for hydroxylation is 1. The number of carboxylic acids is 1. The van der Waals surface area contributed by atoms with Crippen molar-refractivity contribution in [2.24, 2.45) is 5.92 Å². The van der Waals surface area contributed by atoms with Crippen LogP contribution in [-0.2, 0) is 16.0 Å². The molecule has 1 amide bonds. The summed E-state index contributed by atoms with van der Waals surface area (Å²) in [7, 11) is 0. The number of benzene rings is 1. The molecule has 1 aliphatic rings. The van der Waals surface area contributed by atoms with Crippen molar-refractivity contribution in [2.45, 2.75) is 25.7 Å². The number of nitrogens with zero attached hydrogens (tertiary/aromatic N) is 1. The Kier molecular flexibility index (Phi) is 4.13. The van der Waals surface area contributed by atoms with Crippen LogP contribution in [0.3, 0.4) is 0 Å². The summed E-state index contributed by atoms with van der Waals surface area (Å²) in [5.74, 6) is -0.438. The van der Waals surface area contributed by atoms with Gasteiger partial charge in [0.15, 0.2) is 0 Å². The van der Waals surface area contributed by atoms with Crippen molar-refractivity contribution in [2.75, 3.05) is 13.1 Å². The van der Waals surface area contributed by atoms with E-state index in [0.29, 0.717) is 32.4 Å². The second-order valence-corrected chi connectivity index (χ2v) is 5.77. The Balaban J connectivity index is 1.58. The number of amides is 1. The van der Waals surface area contributed by atoms with Gasteiger partial charge in [0.05, 0.1) is 5.92 Å². The van der Waals surface area contributed by atoms with E-state index in [1.54, 1.807) is 4.90 Å². The van der Waals surface area contributed by atoms with Crippen LogP contribution in [0, 0.1) is 5.92 Å². The largest absolute Gasteiger partial charge is 0.481 e. The molecular formula is C17H19NO4. The molecule has 1 aromatic carbocycles. The first kappa shape index (κ1) is 14.6. The molecule has 1 fully saturated rings. The first-order valence-corrected chi connectivity index (χ1v) is 7.61. The quantitative estimate of drug-likeness (QED) is 0.942. The number of furan rings is 1. The molecule has 0 radical (unpaired) electrons. The molecule has 1 atom stereocenters. The fourth-order valence-electron chi connectivity index (χ4n) is 2.95. The number of carbonyl (C=O) groups is 2. The topological polar surface area (TPSA) is 70.8 Å². The van der Waals surface area contributed by atoms with Crippen molar-refractivity contribution in [1.29, 1.82) is 0 Å². The summed E-state index contributed by atoms with van der Waals surface area (Å²) < 4.78 is 5.70. The predicted molar refractivity (Wildman–Crippen MR) is 81.5 cm³/mol. The van der Waals surface area contributed by atoms with E-state index < -0.39 is 11.9 Å². The molecule has 116 valence electrons. The van der Waals surface area contributed by atoms with Crippen LogP contribution in [0.2, 0.25) is 0 Å². The number of carboxylic acid groups (broad SMARTS) is 1. The SMILES string of the molecule is O=C(O)C1CCCN(C(=O)CCc2cc3ccccc3o2)C1. The number of aliphatic carboxylic acids is 1. The highest BCUT2D eigenvalue weighted by Crippen LogP contribution is 2.21. The van der Waals surface area contributed by atoms with E-state index in [1.165, 1.54) is 0 Å². The molecule has 1 aliphatic heterocycles. The van der Waals surface area contributed by atoms with Crippen LogP contribution in [0.1, 0.15) is 25.0 Å². The van der Waals surface area contributed by atoms with Crippen LogP contribution >= 0.6 is 0 Å². The van der Waals surface area contributed by atoms with Crippen molar-refractivity contribution in [3.8, 4) is 0 Å². The maximum atomic E-state index is 12.2. The standard InChI is InChI=1S/C17H19NO4/c19-16(18-9-3-5-13(11-18)17(20)21)8-7-14-10-12-4-1-2-6-15(12)22-14/h1-2,4,6,10,13H,3,5,7-9,11H2,(H,20,21). The summed E-state index contributed by atoms with van der Waals surface area (Å²) in [4.78, 5) is 25.0. The summed E-state index contributed by atoms with van der Waals surface area (Å²) in [5.41, 5.74) is 0.828. The monoisotopic (exact) mass is 301 g/mol. The molecule has 1 aromatic heterocycles. The van der Waals surface area contributed by atoms with E-state index in [4.69, 9.17) is 9.52 Å². The van der Waals surface area contributed by atoms with Gasteiger partial charge in [0.2, 0.25) is 5.91 Å². The third kappa shape index (κ3) is 3.13. The Morgan fingerprint density at radius 2 is 2.14 bits per heavy atom. The minimum Gasteiger partial charge on any atom is -0.481 e. The second kappa shape index (κ2) is 6.22. The molecule has 3 rings (SSSR count). The summed E-state index contributed by atoms with van der Waals surface area (Å²) in [5, 5.41) is 10.1. The van der Waals surface area contributed by atoms with E-state index in [-0.39, 0.29) is 5.91 Å². The highest BCUT2D eigenvalue weighted by molar-refractivity contribution is 5.79. The molecule has 5 heteroatoms. The Morgan fingerprint density at radius 1 is 1.32 bits per heavy atom. The molecule has 2 heterocycles. The number of piperidine rings is 1. The van der Waals surface area contributed by atoms with Gasteiger partial charge >= 0.3 is 5.97 Å². The number of fused-ring (bicyclic) bond motifs is 1. The minimum absolute atomic E-state index is 0.00593. The lowest BCUT2D eigenvalue weighted by atomic mass is 9.98. The van der Waals surface area contributed by atoms with E-state index in [1.807, 2.05) is 30.3 Å². The predicted octanol–water partition coefficient (Wildman–Crippen LogP) is 2.69. The first-order chi connectivity index (χ1) is 10.6. The number of para-hydroxylation sites is 1. The number of carbonyl (C=O) groups excluding carboxylic acids is 1. The average Bonchev–Trinajstić information content (AvgIpc) is 2.95. The molecule has 0 saturated carbocycles. The average molecular weight is 301 g/mol. The number of likely N-dealkylation sites (tertiary alicyclic amines) is 1. The summed E-state index contributed by atoms with van der Waals surface area (Å²) >= 11 is 0. The zero-order chi connectivity index (χ0) is 15.5. The molecule has 1 N–H and O–H groups in total. The second-order valence-electron chi connectivity index (χ2n) is 5.77. The fraction of sp³-hybridized carbons (Fsp3) is 0.412. The fourth-order valence-corrected chi connectivity index (χ4v) is 2.95. The highest BCUT2D eigenvalue weighted by Gasteiger charge is 2.27. The van der Waals surface area contributed by atoms with Crippen LogP contribution in [0.4, 0.5) is 0 Å². The summed E-state index contributed by atoms with van der Waals surface area (Å²) in [6.07, 6.45) is 2.31. The third-order valence-corrected chi connectivity index (χ3v) is 4.19. The Morgan fingerprint density at radius 3 is 2.91 bits per heavy atom. The van der Waals surface area contributed by atoms with Gasteiger partial charge in [-0.05, 0) is 25.0 Å². The Bertz CT molecular complexity index is 658. The molecular weight excluding hydrogens is 282 g/mol. The van der Waals surface area contributed by atoms with Crippen LogP contribution in [0.5, 0.6) is 0 Å². The highest BCUT2D eigenvalue weighted by atomic mass is 16.4. The lowest BCUT2D eigenvalue weighted by Crippen LogP contribution is -2.42. The van der Waals surface area contributed by atoms with Gasteiger partial charge in [0, 0.05) is 31.3 Å². The van der Waals surface area contributed by atoms with Gasteiger partial charge < -0.3 is 14.4 Å². The zero-order valence-electron chi connectivity index (χ0n) is 12.3. The lowest BCUT2D eigenvalue weighted by molar-refractivity contribution is -0.145. The normalized spacial score (nSPS) is 18.5. The van der Waals surface area contributed by atoms with Gasteiger partial charge in [0.1, 0.15) is 11.3 Å². The smallest absolute Gasteiger partial charge is 0.308 e. The molecule has 0 aliphatic carbocycles. The van der Waals surface area contributed by atoms with Gasteiger partial charge in [0.25, 0.3) is 0 Å². The maximum Gasteiger partial charge on any atom is 0.308 e. The van der Waals surface area contributed by atoms with Gasteiger partial charge in [-0.25, -0.2) is 0 Å². The van der Waals surface area contributed by atoms with Crippen LogP contribution < -0.4 is 0 Å². The molecule has 0 spiro atoms. The molecule has 2 aromatic rings. The number of rotatable bonds is 4. The van der Waals surface area contributed by atoms with Crippen LogP contribution in [0.25, 0.3) is 11.0 Å². The van der Waals surface area contributed by atoms with Crippen molar-refractivity contribution in [1.82, 2.24) is 4.90 Å². The van der Waals surface area contributed by atoms with E-state index >= 15 is 0 Å². The Labute approximate surface area is 128 Å².